The van der Waals surface area contributed by atoms with E-state index in [1.807, 2.05) is 0 Å². The molecule has 0 bridgehead atoms. The van der Waals surface area contributed by atoms with Gasteiger partial charge in [-0.1, -0.05) is 23.7 Å². The third-order valence-electron chi connectivity index (χ3n) is 2.54. The Kier molecular flexibility index (Phi) is 3.71. The van der Waals surface area contributed by atoms with E-state index in [0.29, 0.717) is 4.68 Å². The molecule has 2 rings (SSSR count). The number of aromatic nitrogens is 2. The summed E-state index contributed by atoms with van der Waals surface area (Å²) in [7, 11) is 1.27. The molecule has 106 valence electrons. The SMILES string of the molecule is COc1cnn(-c2ccccc2C(F)(F)F)c(=O)c1Cl. The number of para-hydroxylation sites is 1. The van der Waals surface area contributed by atoms with Crippen LogP contribution in [0.3, 0.4) is 0 Å². The molecule has 1 aromatic carbocycles. The number of methoxy groups -OCH3 is 1. The Morgan fingerprint density at radius 3 is 2.55 bits per heavy atom. The highest BCUT2D eigenvalue weighted by Gasteiger charge is 2.34. The van der Waals surface area contributed by atoms with Gasteiger partial charge in [0.1, 0.15) is 0 Å². The van der Waals surface area contributed by atoms with Gasteiger partial charge in [0.2, 0.25) is 0 Å². The third kappa shape index (κ3) is 2.49. The molecule has 0 radical (unpaired) electrons. The molecule has 0 fully saturated rings. The fourth-order valence-corrected chi connectivity index (χ4v) is 1.84. The van der Waals surface area contributed by atoms with Gasteiger partial charge >= 0.3 is 6.18 Å². The lowest BCUT2D eigenvalue weighted by molar-refractivity contribution is -0.137. The number of halogens is 4. The molecule has 0 aliphatic carbocycles. The monoisotopic (exact) mass is 304 g/mol. The number of hydrogen-bond acceptors (Lipinski definition) is 3. The van der Waals surface area contributed by atoms with Gasteiger partial charge < -0.3 is 4.74 Å². The van der Waals surface area contributed by atoms with Gasteiger partial charge in [-0.15, -0.1) is 0 Å². The molecule has 0 unspecified atom stereocenters. The van der Waals surface area contributed by atoms with Crippen LogP contribution in [0.1, 0.15) is 5.56 Å². The lowest BCUT2D eigenvalue weighted by Crippen LogP contribution is -2.24. The zero-order valence-corrected chi connectivity index (χ0v) is 10.9. The topological polar surface area (TPSA) is 44.1 Å². The molecular formula is C12H8ClF3N2O2. The Hall–Kier alpha value is -2.02. The fourth-order valence-electron chi connectivity index (χ4n) is 1.63. The average Bonchev–Trinajstić information content (AvgIpc) is 2.41. The maximum absolute atomic E-state index is 12.9. The van der Waals surface area contributed by atoms with Crippen molar-refractivity contribution >= 4 is 11.6 Å². The lowest BCUT2D eigenvalue weighted by atomic mass is 10.1. The Bertz CT molecular complexity index is 698. The van der Waals surface area contributed by atoms with Gasteiger partial charge in [0.05, 0.1) is 24.6 Å². The summed E-state index contributed by atoms with van der Waals surface area (Å²) in [6.07, 6.45) is -3.53. The van der Waals surface area contributed by atoms with Crippen molar-refractivity contribution < 1.29 is 17.9 Å². The molecule has 0 amide bonds. The van der Waals surface area contributed by atoms with Gasteiger partial charge in [0.15, 0.2) is 10.8 Å². The molecule has 0 atom stereocenters. The first-order valence-electron chi connectivity index (χ1n) is 5.34. The summed E-state index contributed by atoms with van der Waals surface area (Å²) in [5.41, 5.74) is -2.26. The first-order chi connectivity index (χ1) is 9.36. The number of rotatable bonds is 2. The van der Waals surface area contributed by atoms with Gasteiger partial charge in [-0.05, 0) is 12.1 Å². The van der Waals surface area contributed by atoms with Gasteiger partial charge in [0.25, 0.3) is 5.56 Å². The summed E-state index contributed by atoms with van der Waals surface area (Å²) in [6.45, 7) is 0. The van der Waals surface area contributed by atoms with E-state index in [1.54, 1.807) is 0 Å². The van der Waals surface area contributed by atoms with Crippen LogP contribution in [-0.4, -0.2) is 16.9 Å². The highest BCUT2D eigenvalue weighted by molar-refractivity contribution is 6.31. The molecule has 0 spiro atoms. The van der Waals surface area contributed by atoms with Crippen molar-refractivity contribution in [3.63, 3.8) is 0 Å². The van der Waals surface area contributed by atoms with E-state index in [4.69, 9.17) is 16.3 Å². The quantitative estimate of drug-likeness (QED) is 0.857. The standard InChI is InChI=1S/C12H8ClF3N2O2/c1-20-9-6-17-18(11(19)10(9)13)8-5-3-2-4-7(8)12(14,15)16/h2-6H,1H3. The molecule has 0 saturated heterocycles. The van der Waals surface area contributed by atoms with Crippen LogP contribution in [0.25, 0.3) is 5.69 Å². The van der Waals surface area contributed by atoms with Crippen LogP contribution in [-0.2, 0) is 6.18 Å². The molecule has 0 aliphatic heterocycles. The van der Waals surface area contributed by atoms with Crippen LogP contribution >= 0.6 is 11.6 Å². The van der Waals surface area contributed by atoms with Crippen LogP contribution < -0.4 is 10.3 Å². The number of alkyl halides is 3. The van der Waals surface area contributed by atoms with Gasteiger partial charge in [-0.3, -0.25) is 4.79 Å². The molecular weight excluding hydrogens is 297 g/mol. The van der Waals surface area contributed by atoms with E-state index in [2.05, 4.69) is 5.10 Å². The fraction of sp³-hybridized carbons (Fsp3) is 0.167. The third-order valence-corrected chi connectivity index (χ3v) is 2.89. The van der Waals surface area contributed by atoms with E-state index in [-0.39, 0.29) is 10.8 Å². The Morgan fingerprint density at radius 2 is 1.95 bits per heavy atom. The number of nitrogens with zero attached hydrogens (tertiary/aromatic N) is 2. The van der Waals surface area contributed by atoms with Gasteiger partial charge in [0, 0.05) is 0 Å². The van der Waals surface area contributed by atoms with Crippen molar-refractivity contribution in [2.24, 2.45) is 0 Å². The second-order valence-electron chi connectivity index (χ2n) is 3.76. The summed E-state index contributed by atoms with van der Waals surface area (Å²) >= 11 is 5.74. The zero-order valence-electron chi connectivity index (χ0n) is 10.1. The Balaban J connectivity index is 2.71. The van der Waals surface area contributed by atoms with Gasteiger partial charge in [-0.2, -0.15) is 23.0 Å². The first-order valence-corrected chi connectivity index (χ1v) is 5.72. The minimum absolute atomic E-state index is 0.00240. The molecule has 0 saturated carbocycles. The maximum atomic E-state index is 12.9. The summed E-state index contributed by atoms with van der Waals surface area (Å²) in [5.74, 6) is -0.00240. The van der Waals surface area contributed by atoms with E-state index < -0.39 is 23.0 Å². The van der Waals surface area contributed by atoms with Crippen molar-refractivity contribution in [3.8, 4) is 11.4 Å². The van der Waals surface area contributed by atoms with Crippen molar-refractivity contribution in [1.29, 1.82) is 0 Å². The largest absolute Gasteiger partial charge is 0.493 e. The molecule has 8 heteroatoms. The van der Waals surface area contributed by atoms with Crippen LogP contribution in [0.4, 0.5) is 13.2 Å². The normalized spacial score (nSPS) is 11.4. The van der Waals surface area contributed by atoms with E-state index in [0.717, 1.165) is 18.3 Å². The summed E-state index contributed by atoms with van der Waals surface area (Å²) < 4.78 is 44.1. The van der Waals surface area contributed by atoms with Crippen LogP contribution in [0.2, 0.25) is 5.02 Å². The molecule has 1 heterocycles. The Labute approximate surface area is 116 Å². The minimum Gasteiger partial charge on any atom is -0.493 e. The van der Waals surface area contributed by atoms with Crippen LogP contribution in [0.15, 0.2) is 35.3 Å². The van der Waals surface area contributed by atoms with Crippen molar-refractivity contribution in [2.75, 3.05) is 7.11 Å². The summed E-state index contributed by atoms with van der Waals surface area (Å²) in [4.78, 5) is 11.9. The predicted octanol–water partition coefficient (Wildman–Crippen LogP) is 2.91. The van der Waals surface area contributed by atoms with E-state index >= 15 is 0 Å². The van der Waals surface area contributed by atoms with Crippen molar-refractivity contribution in [3.05, 3.63) is 51.4 Å². The van der Waals surface area contributed by atoms with Crippen molar-refractivity contribution in [2.45, 2.75) is 6.18 Å². The smallest absolute Gasteiger partial charge is 0.418 e. The molecule has 4 nitrogen and oxygen atoms in total. The first kappa shape index (κ1) is 14.4. The number of ether oxygens (including phenoxy) is 1. The minimum atomic E-state index is -4.61. The highest BCUT2D eigenvalue weighted by atomic mass is 35.5. The predicted molar refractivity (Wildman–Crippen MR) is 66.4 cm³/mol. The molecule has 1 aromatic heterocycles. The summed E-state index contributed by atoms with van der Waals surface area (Å²) in [6, 6.07) is 4.60. The maximum Gasteiger partial charge on any atom is 0.418 e. The highest BCUT2D eigenvalue weighted by Crippen LogP contribution is 2.33. The average molecular weight is 305 g/mol. The van der Waals surface area contributed by atoms with E-state index in [1.165, 1.54) is 19.2 Å². The zero-order chi connectivity index (χ0) is 14.9. The molecule has 2 aromatic rings. The lowest BCUT2D eigenvalue weighted by Gasteiger charge is -2.13. The molecule has 20 heavy (non-hydrogen) atoms. The van der Waals surface area contributed by atoms with Crippen LogP contribution in [0, 0.1) is 0 Å². The second-order valence-corrected chi connectivity index (χ2v) is 4.14. The second kappa shape index (κ2) is 5.16. The summed E-state index contributed by atoms with van der Waals surface area (Å²) in [5, 5.41) is 3.32. The molecule has 0 aliphatic rings. The van der Waals surface area contributed by atoms with Crippen molar-refractivity contribution in [1.82, 2.24) is 9.78 Å². The van der Waals surface area contributed by atoms with E-state index in [9.17, 15) is 18.0 Å². The molecule has 0 N–H and O–H groups in total. The Morgan fingerprint density at radius 1 is 1.30 bits per heavy atom. The number of hydrogen-bond donors (Lipinski definition) is 0. The number of benzene rings is 1. The van der Waals surface area contributed by atoms with Gasteiger partial charge in [-0.25, -0.2) is 0 Å². The van der Waals surface area contributed by atoms with Crippen LogP contribution in [0.5, 0.6) is 5.75 Å².